The molecule has 0 heterocycles. The van der Waals surface area contributed by atoms with Crippen molar-refractivity contribution in [3.63, 3.8) is 0 Å². The Morgan fingerprint density at radius 3 is 2.75 bits per heavy atom. The molecule has 0 amide bonds. The highest BCUT2D eigenvalue weighted by Crippen LogP contribution is 2.30. The Balaban J connectivity index is 2.25. The van der Waals surface area contributed by atoms with Gasteiger partial charge in [0, 0.05) is 29.3 Å². The van der Waals surface area contributed by atoms with Crippen LogP contribution in [0.25, 0.3) is 0 Å². The number of nitrogens with zero attached hydrogens (tertiary/aromatic N) is 1. The van der Waals surface area contributed by atoms with Crippen LogP contribution in [0.3, 0.4) is 0 Å². The monoisotopic (exact) mass is 282 g/mol. The lowest BCUT2D eigenvalue weighted by Gasteiger charge is -2.31. The molecule has 0 aromatic heterocycles. The van der Waals surface area contributed by atoms with Crippen molar-refractivity contribution in [2.75, 3.05) is 11.9 Å². The van der Waals surface area contributed by atoms with Crippen LogP contribution in [0.5, 0.6) is 0 Å². The third-order valence-electron chi connectivity index (χ3n) is 3.58. The molecule has 0 saturated heterocycles. The number of benzene rings is 1. The minimum Gasteiger partial charge on any atom is -0.370 e. The zero-order valence-corrected chi connectivity index (χ0v) is 11.5. The lowest BCUT2D eigenvalue weighted by atomic mass is 10.1. The predicted molar refractivity (Wildman–Crippen MR) is 72.9 cm³/mol. The van der Waals surface area contributed by atoms with Gasteiger partial charge in [0.15, 0.2) is 0 Å². The SMILES string of the molecule is Cc1ccc(Br)cc1N(C)C1CCCC1N. The lowest BCUT2D eigenvalue weighted by Crippen LogP contribution is -2.42. The fourth-order valence-corrected chi connectivity index (χ4v) is 2.94. The van der Waals surface area contributed by atoms with Crippen LogP contribution in [0.4, 0.5) is 5.69 Å². The normalized spacial score (nSPS) is 24.8. The summed E-state index contributed by atoms with van der Waals surface area (Å²) in [7, 11) is 2.16. The van der Waals surface area contributed by atoms with Crippen molar-refractivity contribution < 1.29 is 0 Å². The molecular weight excluding hydrogens is 264 g/mol. The largest absolute Gasteiger partial charge is 0.370 e. The smallest absolute Gasteiger partial charge is 0.0437 e. The van der Waals surface area contributed by atoms with E-state index in [4.69, 9.17) is 5.73 Å². The number of rotatable bonds is 2. The second-order valence-electron chi connectivity index (χ2n) is 4.70. The van der Waals surface area contributed by atoms with Gasteiger partial charge in [0.1, 0.15) is 0 Å². The van der Waals surface area contributed by atoms with Crippen LogP contribution >= 0.6 is 15.9 Å². The summed E-state index contributed by atoms with van der Waals surface area (Å²) >= 11 is 3.53. The van der Waals surface area contributed by atoms with Gasteiger partial charge in [-0.3, -0.25) is 0 Å². The molecule has 2 nitrogen and oxygen atoms in total. The first-order chi connectivity index (χ1) is 7.59. The van der Waals surface area contributed by atoms with Crippen LogP contribution < -0.4 is 10.6 Å². The molecule has 0 spiro atoms. The zero-order valence-electron chi connectivity index (χ0n) is 9.91. The Labute approximate surface area is 106 Å². The van der Waals surface area contributed by atoms with E-state index in [1.165, 1.54) is 24.1 Å². The molecule has 1 saturated carbocycles. The first-order valence-corrected chi connectivity index (χ1v) is 6.63. The molecule has 0 bridgehead atoms. The molecule has 2 N–H and O–H groups in total. The Bertz CT molecular complexity index is 378. The van der Waals surface area contributed by atoms with E-state index in [9.17, 15) is 0 Å². The molecule has 0 radical (unpaired) electrons. The summed E-state index contributed by atoms with van der Waals surface area (Å²) in [6, 6.07) is 7.23. The van der Waals surface area contributed by atoms with Crippen LogP contribution in [0.2, 0.25) is 0 Å². The van der Waals surface area contributed by atoms with Crippen molar-refractivity contribution in [3.8, 4) is 0 Å². The lowest BCUT2D eigenvalue weighted by molar-refractivity contribution is 0.572. The van der Waals surface area contributed by atoms with Crippen molar-refractivity contribution in [3.05, 3.63) is 28.2 Å². The van der Waals surface area contributed by atoms with Crippen molar-refractivity contribution >= 4 is 21.6 Å². The van der Waals surface area contributed by atoms with Gasteiger partial charge in [-0.05, 0) is 43.9 Å². The summed E-state index contributed by atoms with van der Waals surface area (Å²) in [5.74, 6) is 0. The molecule has 2 atom stereocenters. The maximum atomic E-state index is 6.15. The molecule has 3 heteroatoms. The highest BCUT2D eigenvalue weighted by molar-refractivity contribution is 9.10. The molecular formula is C13H19BrN2. The van der Waals surface area contributed by atoms with E-state index in [1.54, 1.807) is 0 Å². The Morgan fingerprint density at radius 2 is 2.12 bits per heavy atom. The van der Waals surface area contributed by atoms with Crippen LogP contribution in [0.15, 0.2) is 22.7 Å². The number of nitrogens with two attached hydrogens (primary N) is 1. The molecule has 2 unspecified atom stereocenters. The average molecular weight is 283 g/mol. The summed E-state index contributed by atoms with van der Waals surface area (Å²) in [6.45, 7) is 2.15. The van der Waals surface area contributed by atoms with Gasteiger partial charge < -0.3 is 10.6 Å². The molecule has 1 aromatic rings. The quantitative estimate of drug-likeness (QED) is 0.903. The highest BCUT2D eigenvalue weighted by atomic mass is 79.9. The van der Waals surface area contributed by atoms with Gasteiger partial charge in [-0.25, -0.2) is 0 Å². The first kappa shape index (κ1) is 11.9. The van der Waals surface area contributed by atoms with Gasteiger partial charge >= 0.3 is 0 Å². The first-order valence-electron chi connectivity index (χ1n) is 5.84. The molecule has 1 aromatic carbocycles. The van der Waals surface area contributed by atoms with Crippen LogP contribution in [-0.2, 0) is 0 Å². The van der Waals surface area contributed by atoms with E-state index in [1.807, 2.05) is 0 Å². The predicted octanol–water partition coefficient (Wildman–Crippen LogP) is 3.07. The number of likely N-dealkylation sites (N-methyl/N-ethyl adjacent to an activating group) is 1. The average Bonchev–Trinajstić information content (AvgIpc) is 2.67. The maximum Gasteiger partial charge on any atom is 0.0437 e. The van der Waals surface area contributed by atoms with Crippen LogP contribution in [0.1, 0.15) is 24.8 Å². The Morgan fingerprint density at radius 1 is 1.38 bits per heavy atom. The number of hydrogen-bond donors (Lipinski definition) is 1. The second-order valence-corrected chi connectivity index (χ2v) is 5.62. The zero-order chi connectivity index (χ0) is 11.7. The number of halogens is 1. The minimum atomic E-state index is 0.323. The van der Waals surface area contributed by atoms with E-state index >= 15 is 0 Å². The van der Waals surface area contributed by atoms with Crippen molar-refractivity contribution in [1.82, 2.24) is 0 Å². The fourth-order valence-electron chi connectivity index (χ4n) is 2.59. The molecule has 1 aliphatic rings. The van der Waals surface area contributed by atoms with Crippen molar-refractivity contribution in [1.29, 1.82) is 0 Å². The van der Waals surface area contributed by atoms with E-state index in [0.717, 1.165) is 10.9 Å². The van der Waals surface area contributed by atoms with Gasteiger partial charge in [-0.2, -0.15) is 0 Å². The molecule has 88 valence electrons. The van der Waals surface area contributed by atoms with Crippen molar-refractivity contribution in [2.24, 2.45) is 5.73 Å². The number of hydrogen-bond acceptors (Lipinski definition) is 2. The summed E-state index contributed by atoms with van der Waals surface area (Å²) in [6.07, 6.45) is 3.62. The number of anilines is 1. The van der Waals surface area contributed by atoms with Gasteiger partial charge in [-0.1, -0.05) is 22.0 Å². The maximum absolute atomic E-state index is 6.15. The summed E-state index contributed by atoms with van der Waals surface area (Å²) in [5.41, 5.74) is 8.75. The Hall–Kier alpha value is -0.540. The number of aryl methyl sites for hydroxylation is 1. The van der Waals surface area contributed by atoms with Crippen molar-refractivity contribution in [2.45, 2.75) is 38.3 Å². The summed E-state index contributed by atoms with van der Waals surface area (Å²) in [4.78, 5) is 2.34. The van der Waals surface area contributed by atoms with Gasteiger partial charge in [0.2, 0.25) is 0 Å². The minimum absolute atomic E-state index is 0.323. The van der Waals surface area contributed by atoms with Gasteiger partial charge in [0.25, 0.3) is 0 Å². The third-order valence-corrected chi connectivity index (χ3v) is 4.07. The third kappa shape index (κ3) is 2.25. The van der Waals surface area contributed by atoms with Crippen LogP contribution in [0, 0.1) is 6.92 Å². The van der Waals surface area contributed by atoms with Crippen LogP contribution in [-0.4, -0.2) is 19.1 Å². The standard InChI is InChI=1S/C13H19BrN2/c1-9-6-7-10(14)8-13(9)16(2)12-5-3-4-11(12)15/h6-8,11-12H,3-5,15H2,1-2H3. The van der Waals surface area contributed by atoms with Gasteiger partial charge in [-0.15, -0.1) is 0 Å². The van der Waals surface area contributed by atoms with E-state index in [0.29, 0.717) is 12.1 Å². The molecule has 1 fully saturated rings. The summed E-state index contributed by atoms with van der Waals surface area (Å²) < 4.78 is 1.13. The molecule has 16 heavy (non-hydrogen) atoms. The highest BCUT2D eigenvalue weighted by Gasteiger charge is 2.28. The molecule has 2 rings (SSSR count). The van der Waals surface area contributed by atoms with Gasteiger partial charge in [0.05, 0.1) is 0 Å². The molecule has 0 aliphatic heterocycles. The molecule has 1 aliphatic carbocycles. The summed E-state index contributed by atoms with van der Waals surface area (Å²) in [5, 5.41) is 0. The Kier molecular flexibility index (Phi) is 3.55. The van der Waals surface area contributed by atoms with E-state index in [-0.39, 0.29) is 0 Å². The second kappa shape index (κ2) is 4.76. The van der Waals surface area contributed by atoms with E-state index in [2.05, 4.69) is 53.0 Å². The topological polar surface area (TPSA) is 29.3 Å². The van der Waals surface area contributed by atoms with E-state index < -0.39 is 0 Å². The fraction of sp³-hybridized carbons (Fsp3) is 0.538.